The monoisotopic (exact) mass is 264 g/mol. The smallest absolute Gasteiger partial charge is 0.312 e. The van der Waals surface area contributed by atoms with Crippen molar-refractivity contribution in [2.45, 2.75) is 33.1 Å². The van der Waals surface area contributed by atoms with Crippen molar-refractivity contribution < 1.29 is 9.53 Å². The first kappa shape index (κ1) is 15.6. The van der Waals surface area contributed by atoms with Gasteiger partial charge in [-0.2, -0.15) is 0 Å². The second-order valence-corrected chi connectivity index (χ2v) is 6.10. The van der Waals surface area contributed by atoms with Gasteiger partial charge in [-0.05, 0) is 25.5 Å². The van der Waals surface area contributed by atoms with Gasteiger partial charge in [-0.25, -0.2) is 0 Å². The van der Waals surface area contributed by atoms with Crippen molar-refractivity contribution in [3.8, 4) is 0 Å². The SMILES string of the molecule is COC(=O)C(C)(C)CNCC(C)(C)c1cccnc1. The molecule has 4 heteroatoms. The van der Waals surface area contributed by atoms with Crippen LogP contribution in [0.1, 0.15) is 33.3 Å². The molecule has 0 atom stereocenters. The van der Waals surface area contributed by atoms with Crippen LogP contribution in [-0.2, 0) is 14.9 Å². The molecule has 1 aromatic heterocycles. The van der Waals surface area contributed by atoms with E-state index in [1.807, 2.05) is 26.1 Å². The number of nitrogens with zero attached hydrogens (tertiary/aromatic N) is 1. The standard InChI is InChI=1S/C15H24N2O2/c1-14(2,12-7-6-8-16-9-12)10-17-11-15(3,4)13(18)19-5/h6-9,17H,10-11H2,1-5H3. The van der Waals surface area contributed by atoms with E-state index in [-0.39, 0.29) is 11.4 Å². The highest BCUT2D eigenvalue weighted by atomic mass is 16.5. The zero-order chi connectivity index (χ0) is 14.5. The summed E-state index contributed by atoms with van der Waals surface area (Å²) in [6.07, 6.45) is 3.65. The van der Waals surface area contributed by atoms with Crippen LogP contribution < -0.4 is 5.32 Å². The van der Waals surface area contributed by atoms with Crippen LogP contribution in [0.4, 0.5) is 0 Å². The maximum Gasteiger partial charge on any atom is 0.312 e. The molecule has 0 aliphatic rings. The van der Waals surface area contributed by atoms with Crippen molar-refractivity contribution in [1.82, 2.24) is 10.3 Å². The van der Waals surface area contributed by atoms with E-state index < -0.39 is 5.41 Å². The number of ether oxygens (including phenoxy) is 1. The minimum atomic E-state index is -0.514. The van der Waals surface area contributed by atoms with Crippen molar-refractivity contribution in [3.63, 3.8) is 0 Å². The maximum atomic E-state index is 11.6. The van der Waals surface area contributed by atoms with Crippen molar-refractivity contribution in [1.29, 1.82) is 0 Å². The number of pyridine rings is 1. The Morgan fingerprint density at radius 2 is 2.00 bits per heavy atom. The third-order valence-corrected chi connectivity index (χ3v) is 3.31. The lowest BCUT2D eigenvalue weighted by Gasteiger charge is -2.28. The molecule has 1 rings (SSSR count). The fraction of sp³-hybridized carbons (Fsp3) is 0.600. The average Bonchev–Trinajstić information content (AvgIpc) is 2.38. The Labute approximate surface area is 115 Å². The van der Waals surface area contributed by atoms with Crippen LogP contribution in [0.5, 0.6) is 0 Å². The Kier molecular flexibility index (Phi) is 5.06. The molecule has 0 unspecified atom stereocenters. The Morgan fingerprint density at radius 1 is 1.32 bits per heavy atom. The molecule has 0 fully saturated rings. The summed E-state index contributed by atoms with van der Waals surface area (Å²) in [6, 6.07) is 4.01. The van der Waals surface area contributed by atoms with Gasteiger partial charge in [-0.15, -0.1) is 0 Å². The highest BCUT2D eigenvalue weighted by Gasteiger charge is 2.29. The number of esters is 1. The summed E-state index contributed by atoms with van der Waals surface area (Å²) in [7, 11) is 1.42. The highest BCUT2D eigenvalue weighted by Crippen LogP contribution is 2.22. The molecule has 0 radical (unpaired) electrons. The third-order valence-electron chi connectivity index (χ3n) is 3.31. The van der Waals surface area contributed by atoms with Gasteiger partial charge in [0.05, 0.1) is 12.5 Å². The Balaban J connectivity index is 2.55. The molecule has 0 aliphatic heterocycles. The van der Waals surface area contributed by atoms with Gasteiger partial charge in [-0.1, -0.05) is 19.9 Å². The van der Waals surface area contributed by atoms with Gasteiger partial charge < -0.3 is 10.1 Å². The van der Waals surface area contributed by atoms with Crippen molar-refractivity contribution in [3.05, 3.63) is 30.1 Å². The van der Waals surface area contributed by atoms with Crippen LogP contribution >= 0.6 is 0 Å². The molecule has 0 bridgehead atoms. The number of methoxy groups -OCH3 is 1. The molecule has 106 valence electrons. The van der Waals surface area contributed by atoms with E-state index in [1.165, 1.54) is 12.7 Å². The van der Waals surface area contributed by atoms with Gasteiger partial charge in [0.1, 0.15) is 0 Å². The molecule has 0 spiro atoms. The number of carbonyl (C=O) groups excluding carboxylic acids is 1. The molecule has 0 saturated carbocycles. The summed E-state index contributed by atoms with van der Waals surface area (Å²) >= 11 is 0. The minimum absolute atomic E-state index is 0.0273. The second kappa shape index (κ2) is 6.15. The first-order chi connectivity index (χ1) is 8.79. The number of carbonyl (C=O) groups is 1. The fourth-order valence-electron chi connectivity index (χ4n) is 1.90. The van der Waals surface area contributed by atoms with Crippen molar-refractivity contribution >= 4 is 5.97 Å². The lowest BCUT2D eigenvalue weighted by Crippen LogP contribution is -2.41. The number of hydrogen-bond acceptors (Lipinski definition) is 4. The highest BCUT2D eigenvalue weighted by molar-refractivity contribution is 5.76. The lowest BCUT2D eigenvalue weighted by molar-refractivity contribution is -0.150. The molecule has 0 aromatic carbocycles. The van der Waals surface area contributed by atoms with Crippen LogP contribution in [0, 0.1) is 5.41 Å². The normalized spacial score (nSPS) is 12.3. The molecule has 1 N–H and O–H groups in total. The largest absolute Gasteiger partial charge is 0.469 e. The topological polar surface area (TPSA) is 51.2 Å². The lowest BCUT2D eigenvalue weighted by atomic mass is 9.85. The molecule has 4 nitrogen and oxygen atoms in total. The predicted octanol–water partition coefficient (Wildman–Crippen LogP) is 2.15. The van der Waals surface area contributed by atoms with Gasteiger partial charge in [0.25, 0.3) is 0 Å². The fourth-order valence-corrected chi connectivity index (χ4v) is 1.90. The van der Waals surface area contributed by atoms with Crippen LogP contribution in [0.25, 0.3) is 0 Å². The minimum Gasteiger partial charge on any atom is -0.469 e. The predicted molar refractivity (Wildman–Crippen MR) is 75.9 cm³/mol. The molecule has 0 amide bonds. The molecular formula is C15H24N2O2. The quantitative estimate of drug-likeness (QED) is 0.800. The summed E-state index contributed by atoms with van der Waals surface area (Å²) in [5, 5.41) is 3.35. The first-order valence-corrected chi connectivity index (χ1v) is 6.49. The molecular weight excluding hydrogens is 240 g/mol. The number of aromatic nitrogens is 1. The Morgan fingerprint density at radius 3 is 2.53 bits per heavy atom. The summed E-state index contributed by atoms with van der Waals surface area (Å²) in [5.41, 5.74) is 0.638. The maximum absolute atomic E-state index is 11.6. The van der Waals surface area contributed by atoms with E-state index in [1.54, 1.807) is 6.20 Å². The average molecular weight is 264 g/mol. The first-order valence-electron chi connectivity index (χ1n) is 6.49. The Hall–Kier alpha value is -1.42. The number of nitrogens with one attached hydrogen (secondary N) is 1. The molecule has 1 aromatic rings. The number of rotatable bonds is 6. The summed E-state index contributed by atoms with van der Waals surface area (Å²) in [6.45, 7) is 9.43. The van der Waals surface area contributed by atoms with Gasteiger partial charge in [0.15, 0.2) is 0 Å². The van der Waals surface area contributed by atoms with Crippen LogP contribution in [-0.4, -0.2) is 31.2 Å². The molecule has 1 heterocycles. The molecule has 19 heavy (non-hydrogen) atoms. The van der Waals surface area contributed by atoms with E-state index in [0.717, 1.165) is 6.54 Å². The summed E-state index contributed by atoms with van der Waals surface area (Å²) in [5.74, 6) is -0.195. The zero-order valence-corrected chi connectivity index (χ0v) is 12.5. The van der Waals surface area contributed by atoms with Crippen LogP contribution in [0.2, 0.25) is 0 Å². The molecule has 0 aliphatic carbocycles. The van der Waals surface area contributed by atoms with Crippen molar-refractivity contribution in [2.24, 2.45) is 5.41 Å². The third kappa shape index (κ3) is 4.31. The van der Waals surface area contributed by atoms with E-state index >= 15 is 0 Å². The summed E-state index contributed by atoms with van der Waals surface area (Å²) in [4.78, 5) is 15.7. The Bertz CT molecular complexity index is 413. The summed E-state index contributed by atoms with van der Waals surface area (Å²) < 4.78 is 4.79. The van der Waals surface area contributed by atoms with E-state index in [0.29, 0.717) is 6.54 Å². The van der Waals surface area contributed by atoms with Crippen molar-refractivity contribution in [2.75, 3.05) is 20.2 Å². The molecule has 0 saturated heterocycles. The van der Waals surface area contributed by atoms with Gasteiger partial charge in [0.2, 0.25) is 0 Å². The van der Waals surface area contributed by atoms with Crippen LogP contribution in [0.3, 0.4) is 0 Å². The van der Waals surface area contributed by atoms with Gasteiger partial charge in [-0.3, -0.25) is 9.78 Å². The number of hydrogen-bond donors (Lipinski definition) is 1. The van der Waals surface area contributed by atoms with E-state index in [9.17, 15) is 4.79 Å². The van der Waals surface area contributed by atoms with Gasteiger partial charge in [0, 0.05) is 30.9 Å². The zero-order valence-electron chi connectivity index (χ0n) is 12.5. The second-order valence-electron chi connectivity index (χ2n) is 6.10. The van der Waals surface area contributed by atoms with E-state index in [2.05, 4.69) is 30.2 Å². The van der Waals surface area contributed by atoms with Gasteiger partial charge >= 0.3 is 5.97 Å². The van der Waals surface area contributed by atoms with Crippen LogP contribution in [0.15, 0.2) is 24.5 Å². The van der Waals surface area contributed by atoms with E-state index in [4.69, 9.17) is 4.74 Å².